The lowest BCUT2D eigenvalue weighted by Crippen LogP contribution is -2.09. The predicted octanol–water partition coefficient (Wildman–Crippen LogP) is 5.90. The number of benzene rings is 2. The van der Waals surface area contributed by atoms with Gasteiger partial charge >= 0.3 is 5.97 Å². The van der Waals surface area contributed by atoms with Crippen LogP contribution in [0.4, 0.5) is 5.82 Å². The average Bonchev–Trinajstić information content (AvgIpc) is 3.28. The number of aromatic nitrogens is 2. The number of carboxylic acid groups (broad SMARTS) is 1. The highest BCUT2D eigenvalue weighted by Gasteiger charge is 2.18. The van der Waals surface area contributed by atoms with E-state index in [1.807, 2.05) is 31.2 Å². The van der Waals surface area contributed by atoms with E-state index in [0.717, 1.165) is 34.8 Å². The van der Waals surface area contributed by atoms with Crippen molar-refractivity contribution in [2.75, 3.05) is 25.1 Å². The molecule has 0 fully saturated rings. The molecule has 2 aromatic heterocycles. The maximum absolute atomic E-state index is 11.5. The minimum Gasteiger partial charge on any atom is -0.493 e. The molecule has 176 valence electrons. The molecule has 4 rings (SSSR count). The molecule has 0 saturated carbocycles. The molecule has 0 saturated heterocycles. The fourth-order valence-corrected chi connectivity index (χ4v) is 4.65. The molecule has 4 aromatic rings. The van der Waals surface area contributed by atoms with E-state index in [1.54, 1.807) is 6.07 Å². The summed E-state index contributed by atoms with van der Waals surface area (Å²) < 4.78 is 11.5. The lowest BCUT2D eigenvalue weighted by Gasteiger charge is -2.15. The second-order valence-corrected chi connectivity index (χ2v) is 8.67. The van der Waals surface area contributed by atoms with Crippen LogP contribution in [0.15, 0.2) is 54.9 Å². The fraction of sp³-hybridized carbons (Fsp3) is 0.269. The molecular weight excluding hydrogens is 450 g/mol. The van der Waals surface area contributed by atoms with Gasteiger partial charge < -0.3 is 19.9 Å². The highest BCUT2D eigenvalue weighted by molar-refractivity contribution is 7.17. The van der Waals surface area contributed by atoms with Crippen molar-refractivity contribution in [3.05, 3.63) is 65.3 Å². The highest BCUT2D eigenvalue weighted by atomic mass is 32.1. The minimum atomic E-state index is -1.01. The van der Waals surface area contributed by atoms with Crippen molar-refractivity contribution in [1.29, 1.82) is 0 Å². The van der Waals surface area contributed by atoms with Gasteiger partial charge in [-0.25, -0.2) is 14.8 Å². The molecule has 2 aromatic carbocycles. The number of carboxylic acids is 1. The number of carbonyl (C=O) groups is 1. The maximum atomic E-state index is 11.5. The zero-order valence-corrected chi connectivity index (χ0v) is 20.0. The second-order valence-electron chi connectivity index (χ2n) is 7.62. The molecule has 0 aliphatic carbocycles. The largest absolute Gasteiger partial charge is 0.493 e. The summed E-state index contributed by atoms with van der Waals surface area (Å²) in [6.45, 7) is 5.65. The Kier molecular flexibility index (Phi) is 7.59. The van der Waals surface area contributed by atoms with E-state index in [4.69, 9.17) is 9.47 Å². The first-order valence-electron chi connectivity index (χ1n) is 11.3. The molecule has 0 bridgehead atoms. The Hall–Kier alpha value is -3.65. The van der Waals surface area contributed by atoms with Crippen molar-refractivity contribution in [2.45, 2.75) is 26.7 Å². The molecule has 0 aliphatic rings. The molecule has 0 radical (unpaired) electrons. The van der Waals surface area contributed by atoms with Crippen LogP contribution in [0.3, 0.4) is 0 Å². The number of rotatable bonds is 11. The van der Waals surface area contributed by atoms with E-state index >= 15 is 0 Å². The summed E-state index contributed by atoms with van der Waals surface area (Å²) in [6, 6.07) is 16.0. The van der Waals surface area contributed by atoms with Gasteiger partial charge in [0, 0.05) is 24.2 Å². The van der Waals surface area contributed by atoms with E-state index in [1.165, 1.54) is 22.7 Å². The molecule has 34 heavy (non-hydrogen) atoms. The fourth-order valence-electron chi connectivity index (χ4n) is 3.74. The minimum absolute atomic E-state index is 0.167. The van der Waals surface area contributed by atoms with Gasteiger partial charge in [-0.2, -0.15) is 0 Å². The van der Waals surface area contributed by atoms with Crippen molar-refractivity contribution < 1.29 is 19.4 Å². The first kappa shape index (κ1) is 23.5. The van der Waals surface area contributed by atoms with Crippen molar-refractivity contribution in [1.82, 2.24) is 9.97 Å². The van der Waals surface area contributed by atoms with Gasteiger partial charge in [-0.1, -0.05) is 37.3 Å². The van der Waals surface area contributed by atoms with Crippen molar-refractivity contribution >= 4 is 33.9 Å². The average molecular weight is 478 g/mol. The molecule has 0 spiro atoms. The Morgan fingerprint density at radius 2 is 1.91 bits per heavy atom. The predicted molar refractivity (Wildman–Crippen MR) is 135 cm³/mol. The Morgan fingerprint density at radius 1 is 1.06 bits per heavy atom. The van der Waals surface area contributed by atoms with Gasteiger partial charge in [0.25, 0.3) is 0 Å². The van der Waals surface area contributed by atoms with E-state index in [0.29, 0.717) is 37.0 Å². The van der Waals surface area contributed by atoms with Crippen LogP contribution >= 0.6 is 11.3 Å². The smallest absolute Gasteiger partial charge is 0.349 e. The van der Waals surface area contributed by atoms with Gasteiger partial charge in [0.1, 0.15) is 23.6 Å². The summed E-state index contributed by atoms with van der Waals surface area (Å²) in [5.74, 6) is 0.931. The zero-order valence-electron chi connectivity index (χ0n) is 19.2. The van der Waals surface area contributed by atoms with Crippen LogP contribution in [-0.2, 0) is 6.42 Å². The van der Waals surface area contributed by atoms with Crippen LogP contribution in [0.2, 0.25) is 0 Å². The third-order valence-electron chi connectivity index (χ3n) is 5.25. The summed E-state index contributed by atoms with van der Waals surface area (Å²) in [5.41, 5.74) is 1.81. The summed E-state index contributed by atoms with van der Waals surface area (Å²) in [5, 5.41) is 15.2. The topological polar surface area (TPSA) is 93.6 Å². The number of aromatic carboxylic acids is 1. The number of hydrogen-bond donors (Lipinski definition) is 2. The van der Waals surface area contributed by atoms with Crippen molar-refractivity contribution in [2.24, 2.45) is 0 Å². The highest BCUT2D eigenvalue weighted by Crippen LogP contribution is 2.36. The quantitative estimate of drug-likeness (QED) is 0.278. The van der Waals surface area contributed by atoms with Crippen molar-refractivity contribution in [3.8, 4) is 22.1 Å². The number of nitrogens with zero attached hydrogens (tertiary/aromatic N) is 2. The van der Waals surface area contributed by atoms with Gasteiger partial charge in [0.05, 0.1) is 23.8 Å². The number of fused-ring (bicyclic) bond motifs is 1. The lowest BCUT2D eigenvalue weighted by molar-refractivity contribution is 0.0698. The van der Waals surface area contributed by atoms with Crippen LogP contribution in [-0.4, -0.2) is 40.8 Å². The van der Waals surface area contributed by atoms with E-state index in [9.17, 15) is 9.90 Å². The standard InChI is InChI=1S/C26H27N3O4S/c1-3-13-33-21-10-9-17-7-5-6-8-18(17)19(21)11-12-27-24-14-20(28-16-29-24)23-15-22(32-4-2)25(34-23)26(30)31/h5-10,14-16H,3-4,11-13H2,1-2H3,(H,30,31)(H,27,28,29). The molecule has 2 heterocycles. The van der Waals surface area contributed by atoms with Crippen LogP contribution in [0, 0.1) is 0 Å². The molecule has 8 heteroatoms. The monoisotopic (exact) mass is 477 g/mol. The molecule has 0 atom stereocenters. The van der Waals surface area contributed by atoms with Crippen LogP contribution in [0.5, 0.6) is 11.5 Å². The normalized spacial score (nSPS) is 10.9. The summed E-state index contributed by atoms with van der Waals surface area (Å²) in [4.78, 5) is 21.1. The Labute approximate surface area is 202 Å². The van der Waals surface area contributed by atoms with E-state index in [2.05, 4.69) is 40.4 Å². The summed E-state index contributed by atoms with van der Waals surface area (Å²) in [7, 11) is 0. The summed E-state index contributed by atoms with van der Waals surface area (Å²) >= 11 is 1.14. The first-order chi connectivity index (χ1) is 16.6. The number of nitrogens with one attached hydrogen (secondary N) is 1. The number of thiophene rings is 1. The third-order valence-corrected chi connectivity index (χ3v) is 6.38. The maximum Gasteiger partial charge on any atom is 0.349 e. The molecule has 0 amide bonds. The third kappa shape index (κ3) is 5.28. The molecular formula is C26H27N3O4S. The molecule has 2 N–H and O–H groups in total. The number of hydrogen-bond acceptors (Lipinski definition) is 7. The van der Waals surface area contributed by atoms with Gasteiger partial charge in [-0.15, -0.1) is 11.3 Å². The van der Waals surface area contributed by atoms with Crippen molar-refractivity contribution in [3.63, 3.8) is 0 Å². The Balaban J connectivity index is 1.52. The second kappa shape index (κ2) is 11.0. The van der Waals surface area contributed by atoms with Crippen LogP contribution in [0.25, 0.3) is 21.3 Å². The van der Waals surface area contributed by atoms with Crippen LogP contribution in [0.1, 0.15) is 35.5 Å². The van der Waals surface area contributed by atoms with Gasteiger partial charge in [-0.3, -0.25) is 0 Å². The molecule has 0 unspecified atom stereocenters. The molecule has 0 aliphatic heterocycles. The zero-order chi connectivity index (χ0) is 23.9. The Morgan fingerprint density at radius 3 is 2.71 bits per heavy atom. The number of ether oxygens (including phenoxy) is 2. The Bertz CT molecular complexity index is 1290. The molecule has 7 nitrogen and oxygen atoms in total. The number of anilines is 1. The summed E-state index contributed by atoms with van der Waals surface area (Å²) in [6.07, 6.45) is 3.19. The van der Waals surface area contributed by atoms with E-state index in [-0.39, 0.29) is 4.88 Å². The van der Waals surface area contributed by atoms with Gasteiger partial charge in [0.2, 0.25) is 0 Å². The lowest BCUT2D eigenvalue weighted by atomic mass is 10.0. The van der Waals surface area contributed by atoms with Gasteiger partial charge in [-0.05, 0) is 36.6 Å². The van der Waals surface area contributed by atoms with Crippen LogP contribution < -0.4 is 14.8 Å². The van der Waals surface area contributed by atoms with Gasteiger partial charge in [0.15, 0.2) is 4.88 Å². The SMILES string of the molecule is CCCOc1ccc2ccccc2c1CCNc1cc(-c2cc(OCC)c(C(=O)O)s2)ncn1. The van der Waals surface area contributed by atoms with E-state index < -0.39 is 5.97 Å². The first-order valence-corrected chi connectivity index (χ1v) is 12.1.